The lowest BCUT2D eigenvalue weighted by Gasteiger charge is -2.29. The Morgan fingerprint density at radius 2 is 2.19 bits per heavy atom. The van der Waals surface area contributed by atoms with Crippen LogP contribution >= 0.6 is 0 Å². The first-order valence-electron chi connectivity index (χ1n) is 6.79. The molecule has 1 amide bonds. The fourth-order valence-corrected chi connectivity index (χ4v) is 2.26. The number of likely N-dealkylation sites (N-methyl/N-ethyl adjacent to an activating group) is 1. The van der Waals surface area contributed by atoms with Gasteiger partial charge in [-0.1, -0.05) is 12.1 Å². The molecule has 1 aliphatic rings. The van der Waals surface area contributed by atoms with Crippen molar-refractivity contribution < 1.29 is 14.3 Å². The molecule has 0 saturated carbocycles. The maximum atomic E-state index is 12.2. The van der Waals surface area contributed by atoms with E-state index in [1.165, 1.54) is 0 Å². The van der Waals surface area contributed by atoms with Crippen LogP contribution in [0, 0.1) is 6.92 Å². The zero-order chi connectivity index (χ0) is 14.8. The highest BCUT2D eigenvalue weighted by Crippen LogP contribution is 2.30. The summed E-state index contributed by atoms with van der Waals surface area (Å²) in [4.78, 5) is 13.8. The van der Waals surface area contributed by atoms with E-state index in [1.807, 2.05) is 31.2 Å². The smallest absolute Gasteiger partial charge is 0.274 e. The molecule has 1 aromatic carbocycles. The van der Waals surface area contributed by atoms with E-state index in [0.717, 1.165) is 11.4 Å². The van der Waals surface area contributed by atoms with Crippen LogP contribution in [-0.4, -0.2) is 47.3 Å². The molecule has 0 saturated heterocycles. The second kappa shape index (κ2) is 5.47. The molecule has 0 radical (unpaired) electrons. The van der Waals surface area contributed by atoms with Crippen molar-refractivity contribution in [3.05, 3.63) is 41.7 Å². The fraction of sp³-hybridized carbons (Fsp3) is 0.333. The van der Waals surface area contributed by atoms with E-state index < -0.39 is 0 Å². The number of aryl methyl sites for hydroxylation is 1. The van der Waals surface area contributed by atoms with Gasteiger partial charge in [-0.05, 0) is 25.1 Å². The second-order valence-electron chi connectivity index (χ2n) is 5.12. The first-order chi connectivity index (χ1) is 10.1. The molecular formula is C15H17N3O3. The quantitative estimate of drug-likeness (QED) is 0.931. The van der Waals surface area contributed by atoms with Crippen molar-refractivity contribution in [1.29, 1.82) is 0 Å². The molecule has 1 aromatic heterocycles. The van der Waals surface area contributed by atoms with Crippen LogP contribution in [0.15, 0.2) is 30.3 Å². The lowest BCUT2D eigenvalue weighted by molar-refractivity contribution is 0.0517. The van der Waals surface area contributed by atoms with E-state index in [4.69, 9.17) is 9.47 Å². The first kappa shape index (κ1) is 13.5. The number of rotatable bonds is 3. The van der Waals surface area contributed by atoms with Crippen LogP contribution in [0.1, 0.15) is 16.2 Å². The van der Waals surface area contributed by atoms with Crippen molar-refractivity contribution in [2.45, 2.75) is 13.0 Å². The van der Waals surface area contributed by atoms with Gasteiger partial charge in [0.05, 0.1) is 6.54 Å². The van der Waals surface area contributed by atoms with Gasteiger partial charge >= 0.3 is 0 Å². The van der Waals surface area contributed by atoms with Gasteiger partial charge < -0.3 is 14.4 Å². The topological polar surface area (TPSA) is 67.5 Å². The summed E-state index contributed by atoms with van der Waals surface area (Å²) in [7, 11) is 1.73. The molecule has 1 atom stereocenters. The Hall–Kier alpha value is -2.50. The minimum atomic E-state index is -0.186. The van der Waals surface area contributed by atoms with Gasteiger partial charge in [0.1, 0.15) is 12.3 Å². The maximum absolute atomic E-state index is 12.2. The monoisotopic (exact) mass is 287 g/mol. The third kappa shape index (κ3) is 2.84. The van der Waals surface area contributed by atoms with Gasteiger partial charge in [-0.25, -0.2) is 0 Å². The lowest BCUT2D eigenvalue weighted by atomic mass is 10.2. The summed E-state index contributed by atoms with van der Waals surface area (Å²) < 4.78 is 11.5. The highest BCUT2D eigenvalue weighted by atomic mass is 16.6. The third-order valence-corrected chi connectivity index (χ3v) is 3.32. The molecule has 1 aliphatic heterocycles. The Labute approximate surface area is 122 Å². The molecular weight excluding hydrogens is 270 g/mol. The molecule has 0 bridgehead atoms. The molecule has 2 heterocycles. The summed E-state index contributed by atoms with van der Waals surface area (Å²) in [5.41, 5.74) is 1.27. The van der Waals surface area contributed by atoms with Crippen LogP contribution in [0.4, 0.5) is 0 Å². The van der Waals surface area contributed by atoms with E-state index in [9.17, 15) is 4.79 Å². The fourth-order valence-electron chi connectivity index (χ4n) is 2.26. The molecule has 1 N–H and O–H groups in total. The number of aromatic amines is 1. The van der Waals surface area contributed by atoms with Crippen molar-refractivity contribution in [3.8, 4) is 11.5 Å². The van der Waals surface area contributed by atoms with E-state index in [0.29, 0.717) is 24.6 Å². The van der Waals surface area contributed by atoms with E-state index >= 15 is 0 Å². The Morgan fingerprint density at radius 1 is 1.43 bits per heavy atom. The molecule has 6 nitrogen and oxygen atoms in total. The number of nitrogens with one attached hydrogen (secondary N) is 1. The number of fused-ring (bicyclic) bond motifs is 1. The zero-order valence-corrected chi connectivity index (χ0v) is 12.0. The molecule has 1 unspecified atom stereocenters. The SMILES string of the molecule is Cc1cc(C(=O)N(C)CC2COc3ccccc3O2)n[nH]1. The molecule has 0 aliphatic carbocycles. The predicted octanol–water partition coefficient (Wildman–Crippen LogP) is 1.63. The molecule has 2 aromatic rings. The molecule has 0 fully saturated rings. The van der Waals surface area contributed by atoms with Crippen LogP contribution in [0.5, 0.6) is 11.5 Å². The van der Waals surface area contributed by atoms with Crippen molar-refractivity contribution in [2.75, 3.05) is 20.2 Å². The lowest BCUT2D eigenvalue weighted by Crippen LogP contribution is -2.41. The Balaban J connectivity index is 1.63. The summed E-state index contributed by atoms with van der Waals surface area (Å²) in [5.74, 6) is 1.32. The van der Waals surface area contributed by atoms with Crippen molar-refractivity contribution in [1.82, 2.24) is 15.1 Å². The van der Waals surface area contributed by atoms with Gasteiger partial charge in [-0.2, -0.15) is 5.10 Å². The third-order valence-electron chi connectivity index (χ3n) is 3.32. The molecule has 21 heavy (non-hydrogen) atoms. The number of carbonyl (C=O) groups is 1. The minimum Gasteiger partial charge on any atom is -0.486 e. The number of amides is 1. The average Bonchev–Trinajstić information content (AvgIpc) is 2.93. The Kier molecular flexibility index (Phi) is 3.51. The number of ether oxygens (including phenoxy) is 2. The van der Waals surface area contributed by atoms with Crippen molar-refractivity contribution in [2.24, 2.45) is 0 Å². The van der Waals surface area contributed by atoms with Gasteiger partial charge in [0, 0.05) is 12.7 Å². The minimum absolute atomic E-state index is 0.137. The van der Waals surface area contributed by atoms with Crippen LogP contribution in [0.3, 0.4) is 0 Å². The number of H-pyrrole nitrogens is 1. The maximum Gasteiger partial charge on any atom is 0.274 e. The van der Waals surface area contributed by atoms with Gasteiger partial charge in [0.15, 0.2) is 17.6 Å². The summed E-state index contributed by atoms with van der Waals surface area (Å²) >= 11 is 0. The van der Waals surface area contributed by atoms with Crippen LogP contribution in [0.25, 0.3) is 0 Å². The largest absolute Gasteiger partial charge is 0.486 e. The van der Waals surface area contributed by atoms with Gasteiger partial charge in [0.2, 0.25) is 0 Å². The number of nitrogens with zero attached hydrogens (tertiary/aromatic N) is 2. The number of aromatic nitrogens is 2. The molecule has 6 heteroatoms. The Bertz CT molecular complexity index is 653. The van der Waals surface area contributed by atoms with Crippen LogP contribution < -0.4 is 9.47 Å². The van der Waals surface area contributed by atoms with Crippen molar-refractivity contribution >= 4 is 5.91 Å². The first-order valence-corrected chi connectivity index (χ1v) is 6.79. The average molecular weight is 287 g/mol. The number of hydrogen-bond acceptors (Lipinski definition) is 4. The van der Waals surface area contributed by atoms with E-state index in [1.54, 1.807) is 18.0 Å². The van der Waals surface area contributed by atoms with Crippen LogP contribution in [-0.2, 0) is 0 Å². The van der Waals surface area contributed by atoms with E-state index in [2.05, 4.69) is 10.2 Å². The van der Waals surface area contributed by atoms with Crippen molar-refractivity contribution in [3.63, 3.8) is 0 Å². The number of benzene rings is 1. The van der Waals surface area contributed by atoms with E-state index in [-0.39, 0.29) is 12.0 Å². The summed E-state index contributed by atoms with van der Waals surface area (Å²) in [6.07, 6.45) is -0.186. The summed E-state index contributed by atoms with van der Waals surface area (Å²) in [6.45, 7) is 2.73. The highest BCUT2D eigenvalue weighted by molar-refractivity contribution is 5.92. The normalized spacial score (nSPS) is 16.6. The molecule has 0 spiro atoms. The predicted molar refractivity (Wildman–Crippen MR) is 76.6 cm³/mol. The second-order valence-corrected chi connectivity index (χ2v) is 5.12. The van der Waals surface area contributed by atoms with Gasteiger partial charge in [0.25, 0.3) is 5.91 Å². The standard InChI is InChI=1S/C15H17N3O3/c1-10-7-12(17-16-10)15(19)18(2)8-11-9-20-13-5-3-4-6-14(13)21-11/h3-7,11H,8-9H2,1-2H3,(H,16,17). The Morgan fingerprint density at radius 3 is 2.90 bits per heavy atom. The zero-order valence-electron chi connectivity index (χ0n) is 12.0. The molecule has 110 valence electrons. The van der Waals surface area contributed by atoms with Gasteiger partial charge in [-0.3, -0.25) is 9.89 Å². The number of para-hydroxylation sites is 2. The number of hydrogen-bond donors (Lipinski definition) is 1. The summed E-state index contributed by atoms with van der Waals surface area (Å²) in [6, 6.07) is 9.25. The van der Waals surface area contributed by atoms with Gasteiger partial charge in [-0.15, -0.1) is 0 Å². The van der Waals surface area contributed by atoms with Crippen LogP contribution in [0.2, 0.25) is 0 Å². The molecule has 3 rings (SSSR count). The summed E-state index contributed by atoms with van der Waals surface area (Å²) in [5, 5.41) is 6.75. The highest BCUT2D eigenvalue weighted by Gasteiger charge is 2.24. The number of carbonyl (C=O) groups excluding carboxylic acids is 1.